The van der Waals surface area contributed by atoms with Gasteiger partial charge in [0.2, 0.25) is 5.91 Å². The molecule has 0 aromatic carbocycles. The van der Waals surface area contributed by atoms with Crippen LogP contribution >= 0.6 is 12.4 Å². The third-order valence-electron chi connectivity index (χ3n) is 4.58. The van der Waals surface area contributed by atoms with E-state index in [4.69, 9.17) is 0 Å². The Hall–Kier alpha value is -0.280. The van der Waals surface area contributed by atoms with Crippen LogP contribution in [0.4, 0.5) is 0 Å². The number of piperazine rings is 1. The first kappa shape index (κ1) is 16.8. The van der Waals surface area contributed by atoms with Gasteiger partial charge < -0.3 is 10.2 Å². The first-order valence-corrected chi connectivity index (χ1v) is 7.69. The number of nitrogens with zero attached hydrogens (tertiary/aromatic N) is 1. The highest BCUT2D eigenvalue weighted by molar-refractivity contribution is 5.85. The number of halogens is 1. The van der Waals surface area contributed by atoms with Gasteiger partial charge in [-0.1, -0.05) is 32.1 Å². The SMILES string of the molecule is CC1CN(C(=O)CCC2CCCCC2)C(C)CN1.Cl. The first-order valence-electron chi connectivity index (χ1n) is 7.69. The zero-order valence-electron chi connectivity index (χ0n) is 12.4. The van der Waals surface area contributed by atoms with Crippen molar-refractivity contribution in [3.8, 4) is 0 Å². The van der Waals surface area contributed by atoms with Crippen LogP contribution in [0.5, 0.6) is 0 Å². The predicted octanol–water partition coefficient (Wildman–Crippen LogP) is 2.98. The average molecular weight is 289 g/mol. The Morgan fingerprint density at radius 2 is 1.89 bits per heavy atom. The second-order valence-corrected chi connectivity index (χ2v) is 6.25. The number of nitrogens with one attached hydrogen (secondary N) is 1. The van der Waals surface area contributed by atoms with Crippen molar-refractivity contribution in [1.29, 1.82) is 0 Å². The van der Waals surface area contributed by atoms with Gasteiger partial charge in [-0.3, -0.25) is 4.79 Å². The summed E-state index contributed by atoms with van der Waals surface area (Å²) >= 11 is 0. The van der Waals surface area contributed by atoms with Gasteiger partial charge in [-0.25, -0.2) is 0 Å². The Morgan fingerprint density at radius 1 is 1.21 bits per heavy atom. The van der Waals surface area contributed by atoms with E-state index in [1.165, 1.54) is 32.1 Å². The van der Waals surface area contributed by atoms with Gasteiger partial charge in [-0.2, -0.15) is 0 Å². The molecule has 1 aliphatic carbocycles. The van der Waals surface area contributed by atoms with Crippen LogP contribution in [0.2, 0.25) is 0 Å². The number of hydrogen-bond donors (Lipinski definition) is 1. The number of amides is 1. The summed E-state index contributed by atoms with van der Waals surface area (Å²) in [6, 6.07) is 0.805. The Bertz CT molecular complexity index is 279. The smallest absolute Gasteiger partial charge is 0.222 e. The van der Waals surface area contributed by atoms with Crippen molar-refractivity contribution < 1.29 is 4.79 Å². The molecule has 0 aromatic heterocycles. The van der Waals surface area contributed by atoms with E-state index in [1.54, 1.807) is 0 Å². The average Bonchev–Trinajstić information content (AvgIpc) is 2.40. The summed E-state index contributed by atoms with van der Waals surface area (Å²) < 4.78 is 0. The van der Waals surface area contributed by atoms with E-state index >= 15 is 0 Å². The summed E-state index contributed by atoms with van der Waals surface area (Å²) in [6.07, 6.45) is 8.73. The fourth-order valence-corrected chi connectivity index (χ4v) is 3.32. The zero-order valence-corrected chi connectivity index (χ0v) is 13.2. The second kappa shape index (κ2) is 8.11. The van der Waals surface area contributed by atoms with Crippen LogP contribution in [0.1, 0.15) is 58.8 Å². The molecule has 0 bridgehead atoms. The van der Waals surface area contributed by atoms with E-state index in [-0.39, 0.29) is 12.4 Å². The Balaban J connectivity index is 0.00000180. The maximum absolute atomic E-state index is 12.3. The van der Waals surface area contributed by atoms with Crippen LogP contribution in [0.3, 0.4) is 0 Å². The predicted molar refractivity (Wildman–Crippen MR) is 81.7 cm³/mol. The molecular formula is C15H29ClN2O. The topological polar surface area (TPSA) is 32.3 Å². The highest BCUT2D eigenvalue weighted by atomic mass is 35.5. The largest absolute Gasteiger partial charge is 0.337 e. The number of carbonyl (C=O) groups excluding carboxylic acids is 1. The lowest BCUT2D eigenvalue weighted by atomic mass is 9.86. The Morgan fingerprint density at radius 3 is 2.58 bits per heavy atom. The Kier molecular flexibility index (Phi) is 7.16. The van der Waals surface area contributed by atoms with Gasteiger partial charge in [-0.05, 0) is 26.2 Å². The molecule has 0 aromatic rings. The molecular weight excluding hydrogens is 260 g/mol. The molecule has 2 fully saturated rings. The number of rotatable bonds is 3. The molecule has 2 unspecified atom stereocenters. The second-order valence-electron chi connectivity index (χ2n) is 6.25. The van der Waals surface area contributed by atoms with Gasteiger partial charge >= 0.3 is 0 Å². The van der Waals surface area contributed by atoms with Crippen molar-refractivity contribution in [3.05, 3.63) is 0 Å². The molecule has 2 aliphatic rings. The van der Waals surface area contributed by atoms with E-state index in [1.807, 2.05) is 0 Å². The number of hydrogen-bond acceptors (Lipinski definition) is 2. The fourth-order valence-electron chi connectivity index (χ4n) is 3.32. The monoisotopic (exact) mass is 288 g/mol. The Labute approximate surface area is 123 Å². The van der Waals surface area contributed by atoms with Gasteiger partial charge in [0.05, 0.1) is 0 Å². The normalized spacial score (nSPS) is 28.8. The standard InChI is InChI=1S/C15H28N2O.ClH/c1-12-11-17(13(2)10-16-12)15(18)9-8-14-6-4-3-5-7-14;/h12-14,16H,3-11H2,1-2H3;1H. The minimum atomic E-state index is 0. The molecule has 1 heterocycles. The minimum absolute atomic E-state index is 0. The lowest BCUT2D eigenvalue weighted by Crippen LogP contribution is -2.56. The first-order chi connectivity index (χ1) is 8.66. The highest BCUT2D eigenvalue weighted by Gasteiger charge is 2.26. The van der Waals surface area contributed by atoms with Crippen molar-refractivity contribution in [2.45, 2.75) is 70.9 Å². The maximum Gasteiger partial charge on any atom is 0.222 e. The van der Waals surface area contributed by atoms with E-state index < -0.39 is 0 Å². The van der Waals surface area contributed by atoms with E-state index in [0.717, 1.165) is 31.8 Å². The lowest BCUT2D eigenvalue weighted by molar-refractivity contribution is -0.135. The maximum atomic E-state index is 12.3. The van der Waals surface area contributed by atoms with Crippen molar-refractivity contribution >= 4 is 18.3 Å². The van der Waals surface area contributed by atoms with Crippen LogP contribution in [0.15, 0.2) is 0 Å². The molecule has 3 nitrogen and oxygen atoms in total. The van der Waals surface area contributed by atoms with Crippen LogP contribution in [0, 0.1) is 5.92 Å². The van der Waals surface area contributed by atoms with Gasteiger partial charge in [0, 0.05) is 31.6 Å². The molecule has 19 heavy (non-hydrogen) atoms. The van der Waals surface area contributed by atoms with Crippen LogP contribution in [-0.4, -0.2) is 36.0 Å². The van der Waals surface area contributed by atoms with Gasteiger partial charge in [0.15, 0.2) is 0 Å². The highest BCUT2D eigenvalue weighted by Crippen LogP contribution is 2.27. The molecule has 112 valence electrons. The molecule has 0 spiro atoms. The summed E-state index contributed by atoms with van der Waals surface area (Å²) in [5.74, 6) is 1.19. The molecule has 1 amide bonds. The molecule has 2 atom stereocenters. The summed E-state index contributed by atoms with van der Waals surface area (Å²) in [7, 11) is 0. The number of carbonyl (C=O) groups is 1. The molecule has 2 rings (SSSR count). The van der Waals surface area contributed by atoms with Crippen molar-refractivity contribution in [1.82, 2.24) is 10.2 Å². The zero-order chi connectivity index (χ0) is 13.0. The molecule has 1 saturated carbocycles. The summed E-state index contributed by atoms with van der Waals surface area (Å²) in [4.78, 5) is 14.4. The van der Waals surface area contributed by atoms with Crippen molar-refractivity contribution in [3.63, 3.8) is 0 Å². The third-order valence-corrected chi connectivity index (χ3v) is 4.58. The van der Waals surface area contributed by atoms with Crippen molar-refractivity contribution in [2.75, 3.05) is 13.1 Å². The minimum Gasteiger partial charge on any atom is -0.337 e. The molecule has 1 saturated heterocycles. The summed E-state index contributed by atoms with van der Waals surface area (Å²) in [5.41, 5.74) is 0. The summed E-state index contributed by atoms with van der Waals surface area (Å²) in [5, 5.41) is 3.43. The van der Waals surface area contributed by atoms with E-state index in [0.29, 0.717) is 18.0 Å². The van der Waals surface area contributed by atoms with Crippen LogP contribution < -0.4 is 5.32 Å². The van der Waals surface area contributed by atoms with Crippen LogP contribution in [0.25, 0.3) is 0 Å². The molecule has 0 radical (unpaired) electrons. The van der Waals surface area contributed by atoms with E-state index in [2.05, 4.69) is 24.1 Å². The van der Waals surface area contributed by atoms with Gasteiger partial charge in [0.25, 0.3) is 0 Å². The lowest BCUT2D eigenvalue weighted by Gasteiger charge is -2.38. The van der Waals surface area contributed by atoms with Gasteiger partial charge in [-0.15, -0.1) is 12.4 Å². The quantitative estimate of drug-likeness (QED) is 0.866. The fraction of sp³-hybridized carbons (Fsp3) is 0.933. The van der Waals surface area contributed by atoms with Gasteiger partial charge in [0.1, 0.15) is 0 Å². The summed E-state index contributed by atoms with van der Waals surface area (Å²) in [6.45, 7) is 6.13. The van der Waals surface area contributed by atoms with Crippen LogP contribution in [-0.2, 0) is 4.79 Å². The third kappa shape index (κ3) is 4.96. The van der Waals surface area contributed by atoms with E-state index in [9.17, 15) is 4.79 Å². The molecule has 1 aliphatic heterocycles. The molecule has 4 heteroatoms. The van der Waals surface area contributed by atoms with Crippen molar-refractivity contribution in [2.24, 2.45) is 5.92 Å². The molecule has 1 N–H and O–H groups in total.